The highest BCUT2D eigenvalue weighted by atomic mass is 16.6. The molecular weight excluding hydrogens is 180 g/mol. The van der Waals surface area contributed by atoms with Gasteiger partial charge in [0.1, 0.15) is 0 Å². The van der Waals surface area contributed by atoms with E-state index >= 15 is 0 Å². The molecule has 0 N–H and O–H groups in total. The summed E-state index contributed by atoms with van der Waals surface area (Å²) in [5.74, 6) is -0.182. The van der Waals surface area contributed by atoms with E-state index in [-0.39, 0.29) is 12.1 Å². The van der Waals surface area contributed by atoms with Crippen molar-refractivity contribution in [2.75, 3.05) is 13.2 Å². The summed E-state index contributed by atoms with van der Waals surface area (Å²) in [6.07, 6.45) is 6.55. The van der Waals surface area contributed by atoms with Gasteiger partial charge in [-0.3, -0.25) is 0 Å². The Labute approximate surface area is 85.8 Å². The van der Waals surface area contributed by atoms with E-state index in [0.29, 0.717) is 13.2 Å². The third kappa shape index (κ3) is 4.09. The molecular formula is C11H20O3. The lowest BCUT2D eigenvalue weighted by molar-refractivity contribution is -0.147. The zero-order chi connectivity index (χ0) is 10.2. The lowest BCUT2D eigenvalue weighted by atomic mass is 10.2. The van der Waals surface area contributed by atoms with Crippen LogP contribution in [0.2, 0.25) is 0 Å². The Morgan fingerprint density at radius 1 is 1.36 bits per heavy atom. The molecule has 0 spiro atoms. The molecule has 0 radical (unpaired) electrons. The van der Waals surface area contributed by atoms with E-state index in [0.717, 1.165) is 12.8 Å². The summed E-state index contributed by atoms with van der Waals surface area (Å²) < 4.78 is 10.2. The molecule has 1 heterocycles. The maximum absolute atomic E-state index is 11.0. The SMILES string of the molecule is CCCCCCCOC1CCOC1=O. The van der Waals surface area contributed by atoms with E-state index in [1.54, 1.807) is 0 Å². The Bertz CT molecular complexity index is 168. The van der Waals surface area contributed by atoms with Crippen molar-refractivity contribution in [3.63, 3.8) is 0 Å². The number of carbonyl (C=O) groups excluding carboxylic acids is 1. The molecule has 3 nitrogen and oxygen atoms in total. The summed E-state index contributed by atoms with van der Waals surface area (Å²) in [6, 6.07) is 0. The summed E-state index contributed by atoms with van der Waals surface area (Å²) in [5.41, 5.74) is 0. The fourth-order valence-corrected chi connectivity index (χ4v) is 1.56. The molecule has 82 valence electrons. The molecule has 0 saturated carbocycles. The minimum atomic E-state index is -0.277. The first-order chi connectivity index (χ1) is 6.84. The normalized spacial score (nSPS) is 21.2. The van der Waals surface area contributed by atoms with Gasteiger partial charge in [0.2, 0.25) is 0 Å². The first-order valence-corrected chi connectivity index (χ1v) is 5.63. The Balaban J connectivity index is 1.90. The zero-order valence-corrected chi connectivity index (χ0v) is 8.96. The molecule has 14 heavy (non-hydrogen) atoms. The minimum absolute atomic E-state index is 0.182. The first-order valence-electron chi connectivity index (χ1n) is 5.63. The minimum Gasteiger partial charge on any atom is -0.464 e. The van der Waals surface area contributed by atoms with Gasteiger partial charge in [-0.2, -0.15) is 0 Å². The molecule has 0 aromatic heterocycles. The number of esters is 1. The molecule has 1 fully saturated rings. The Morgan fingerprint density at radius 3 is 2.79 bits per heavy atom. The highest BCUT2D eigenvalue weighted by Gasteiger charge is 2.26. The van der Waals surface area contributed by atoms with Gasteiger partial charge in [-0.15, -0.1) is 0 Å². The summed E-state index contributed by atoms with van der Waals surface area (Å²) in [4.78, 5) is 11.0. The van der Waals surface area contributed by atoms with Crippen LogP contribution in [0.15, 0.2) is 0 Å². The smallest absolute Gasteiger partial charge is 0.335 e. The van der Waals surface area contributed by atoms with Crippen LogP contribution in [-0.4, -0.2) is 25.3 Å². The quantitative estimate of drug-likeness (QED) is 0.467. The van der Waals surface area contributed by atoms with Gasteiger partial charge in [-0.1, -0.05) is 32.6 Å². The van der Waals surface area contributed by atoms with Crippen LogP contribution < -0.4 is 0 Å². The molecule has 1 rings (SSSR count). The summed E-state index contributed by atoms with van der Waals surface area (Å²) in [7, 11) is 0. The van der Waals surface area contributed by atoms with Crippen molar-refractivity contribution < 1.29 is 14.3 Å². The second-order valence-corrected chi connectivity index (χ2v) is 3.73. The highest BCUT2D eigenvalue weighted by molar-refractivity contribution is 5.76. The van der Waals surface area contributed by atoms with Crippen molar-refractivity contribution in [2.45, 2.75) is 51.6 Å². The second-order valence-electron chi connectivity index (χ2n) is 3.73. The van der Waals surface area contributed by atoms with Crippen molar-refractivity contribution in [1.82, 2.24) is 0 Å². The third-order valence-electron chi connectivity index (χ3n) is 2.45. The van der Waals surface area contributed by atoms with E-state index < -0.39 is 0 Å². The van der Waals surface area contributed by atoms with E-state index in [4.69, 9.17) is 9.47 Å². The summed E-state index contributed by atoms with van der Waals surface area (Å²) >= 11 is 0. The van der Waals surface area contributed by atoms with E-state index in [9.17, 15) is 4.79 Å². The van der Waals surface area contributed by atoms with Crippen LogP contribution in [0.1, 0.15) is 45.4 Å². The fourth-order valence-electron chi connectivity index (χ4n) is 1.56. The molecule has 0 aromatic rings. The molecule has 1 saturated heterocycles. The van der Waals surface area contributed by atoms with Crippen LogP contribution in [0, 0.1) is 0 Å². The lowest BCUT2D eigenvalue weighted by Gasteiger charge is -2.07. The monoisotopic (exact) mass is 200 g/mol. The predicted octanol–water partition coefficient (Wildman–Crippen LogP) is 2.29. The second kappa shape index (κ2) is 6.82. The van der Waals surface area contributed by atoms with Crippen molar-refractivity contribution >= 4 is 5.97 Å². The van der Waals surface area contributed by atoms with Crippen LogP contribution >= 0.6 is 0 Å². The summed E-state index contributed by atoms with van der Waals surface area (Å²) in [5, 5.41) is 0. The van der Waals surface area contributed by atoms with Crippen LogP contribution in [-0.2, 0) is 14.3 Å². The number of carbonyl (C=O) groups is 1. The largest absolute Gasteiger partial charge is 0.464 e. The van der Waals surface area contributed by atoms with Gasteiger partial charge in [-0.05, 0) is 6.42 Å². The van der Waals surface area contributed by atoms with Gasteiger partial charge in [0.05, 0.1) is 6.61 Å². The number of rotatable bonds is 7. The number of unbranched alkanes of at least 4 members (excludes halogenated alkanes) is 4. The van der Waals surface area contributed by atoms with Gasteiger partial charge < -0.3 is 9.47 Å². The third-order valence-corrected chi connectivity index (χ3v) is 2.45. The van der Waals surface area contributed by atoms with Crippen molar-refractivity contribution in [2.24, 2.45) is 0 Å². The molecule has 0 aromatic carbocycles. The van der Waals surface area contributed by atoms with Crippen molar-refractivity contribution in [1.29, 1.82) is 0 Å². The average Bonchev–Trinajstić information content (AvgIpc) is 2.58. The van der Waals surface area contributed by atoms with E-state index in [2.05, 4.69) is 6.92 Å². The van der Waals surface area contributed by atoms with Gasteiger partial charge in [-0.25, -0.2) is 4.79 Å². The number of hydrogen-bond donors (Lipinski definition) is 0. The molecule has 1 aliphatic rings. The van der Waals surface area contributed by atoms with Crippen LogP contribution in [0.5, 0.6) is 0 Å². The number of ether oxygens (including phenoxy) is 2. The molecule has 1 aliphatic heterocycles. The molecule has 0 amide bonds. The molecule has 1 atom stereocenters. The maximum Gasteiger partial charge on any atom is 0.335 e. The van der Waals surface area contributed by atoms with Crippen LogP contribution in [0.25, 0.3) is 0 Å². The van der Waals surface area contributed by atoms with E-state index in [1.165, 1.54) is 25.7 Å². The molecule has 0 aliphatic carbocycles. The van der Waals surface area contributed by atoms with Crippen LogP contribution in [0.4, 0.5) is 0 Å². The van der Waals surface area contributed by atoms with Gasteiger partial charge in [0.25, 0.3) is 0 Å². The Kier molecular flexibility index (Phi) is 5.60. The molecule has 1 unspecified atom stereocenters. The van der Waals surface area contributed by atoms with E-state index in [1.807, 2.05) is 0 Å². The van der Waals surface area contributed by atoms with Crippen molar-refractivity contribution in [3.8, 4) is 0 Å². The predicted molar refractivity (Wildman–Crippen MR) is 54.1 cm³/mol. The Morgan fingerprint density at radius 2 is 2.14 bits per heavy atom. The maximum atomic E-state index is 11.0. The first kappa shape index (κ1) is 11.5. The molecule has 3 heteroatoms. The topological polar surface area (TPSA) is 35.5 Å². The standard InChI is InChI=1S/C11H20O3/c1-2-3-4-5-6-8-13-10-7-9-14-11(10)12/h10H,2-9H2,1H3. The molecule has 0 bridgehead atoms. The average molecular weight is 200 g/mol. The Hall–Kier alpha value is -0.570. The van der Waals surface area contributed by atoms with Crippen LogP contribution in [0.3, 0.4) is 0 Å². The highest BCUT2D eigenvalue weighted by Crippen LogP contribution is 2.11. The number of hydrogen-bond acceptors (Lipinski definition) is 3. The summed E-state index contributed by atoms with van der Waals surface area (Å²) in [6.45, 7) is 3.42. The number of cyclic esters (lactones) is 1. The van der Waals surface area contributed by atoms with Gasteiger partial charge in [0, 0.05) is 13.0 Å². The lowest BCUT2D eigenvalue weighted by Crippen LogP contribution is -2.18. The zero-order valence-electron chi connectivity index (χ0n) is 8.96. The van der Waals surface area contributed by atoms with Crippen molar-refractivity contribution in [3.05, 3.63) is 0 Å². The van der Waals surface area contributed by atoms with Gasteiger partial charge in [0.15, 0.2) is 6.10 Å². The fraction of sp³-hybridized carbons (Fsp3) is 0.909. The van der Waals surface area contributed by atoms with Gasteiger partial charge >= 0.3 is 5.97 Å².